The van der Waals surface area contributed by atoms with Crippen LogP contribution in [-0.4, -0.2) is 127 Å². The molecule has 2 spiro atoms. The van der Waals surface area contributed by atoms with Crippen molar-refractivity contribution in [3.63, 3.8) is 0 Å². The van der Waals surface area contributed by atoms with E-state index in [1.807, 2.05) is 20.8 Å². The van der Waals surface area contributed by atoms with E-state index in [1.165, 1.54) is 51.6 Å². The molecule has 4 aliphatic heterocycles. The maximum Gasteiger partial charge on any atom is 0.170 e. The number of likely N-dealkylation sites (tertiary alicyclic amines) is 1. The zero-order valence-corrected chi connectivity index (χ0v) is 35.6. The molecule has 9 rings (SSSR count). The average molecular weight is 757 g/mol. The highest BCUT2D eigenvalue weighted by Crippen LogP contribution is 2.89. The van der Waals surface area contributed by atoms with Crippen molar-refractivity contribution in [2.45, 2.75) is 175 Å². The normalized spacial score (nSPS) is 50.1. The zero-order chi connectivity index (χ0) is 38.4. The molecule has 0 amide bonds. The molecule has 14 atom stereocenters. The largest absolute Gasteiger partial charge is 0.390 e. The van der Waals surface area contributed by atoms with Gasteiger partial charge in [-0.3, -0.25) is 9.80 Å². The van der Waals surface area contributed by atoms with Crippen molar-refractivity contribution >= 4 is 0 Å². The minimum atomic E-state index is -1.02. The second-order valence-corrected chi connectivity index (χ2v) is 22.5. The van der Waals surface area contributed by atoms with Gasteiger partial charge < -0.3 is 33.9 Å². The average Bonchev–Trinajstić information content (AvgIpc) is 3.69. The lowest BCUT2D eigenvalue weighted by molar-refractivity contribution is -0.257. The van der Waals surface area contributed by atoms with Crippen molar-refractivity contribution in [2.24, 2.45) is 56.7 Å². The van der Waals surface area contributed by atoms with Crippen molar-refractivity contribution in [3.8, 4) is 0 Å². The summed E-state index contributed by atoms with van der Waals surface area (Å²) in [6.45, 7) is 30.2. The van der Waals surface area contributed by atoms with Crippen LogP contribution >= 0.6 is 0 Å². The molecule has 9 nitrogen and oxygen atoms in total. The Morgan fingerprint density at radius 2 is 1.63 bits per heavy atom. The summed E-state index contributed by atoms with van der Waals surface area (Å²) in [7, 11) is 0. The zero-order valence-electron chi connectivity index (χ0n) is 35.6. The maximum absolute atomic E-state index is 12.7. The van der Waals surface area contributed by atoms with E-state index in [4.69, 9.17) is 23.7 Å². The van der Waals surface area contributed by atoms with Crippen LogP contribution in [0.3, 0.4) is 0 Å². The Balaban J connectivity index is 0.897. The van der Waals surface area contributed by atoms with Crippen molar-refractivity contribution < 1.29 is 33.9 Å². The number of ether oxygens (including phenoxy) is 5. The van der Waals surface area contributed by atoms with Gasteiger partial charge in [-0.25, -0.2) is 0 Å². The lowest BCUT2D eigenvalue weighted by Crippen LogP contribution is -2.68. The molecular weight excluding hydrogens is 681 g/mol. The molecule has 2 N–H and O–H groups in total. The smallest absolute Gasteiger partial charge is 0.170 e. The number of morpholine rings is 1. The molecule has 0 radical (unpaired) electrons. The molecule has 9 fully saturated rings. The quantitative estimate of drug-likeness (QED) is 0.289. The molecule has 54 heavy (non-hydrogen) atoms. The molecule has 0 unspecified atom stereocenters. The van der Waals surface area contributed by atoms with Crippen molar-refractivity contribution in [3.05, 3.63) is 0 Å². The van der Waals surface area contributed by atoms with Crippen LogP contribution in [0.5, 0.6) is 0 Å². The summed E-state index contributed by atoms with van der Waals surface area (Å²) in [5.74, 6) is 2.49. The lowest BCUT2D eigenvalue weighted by atomic mass is 9.41. The fourth-order valence-corrected chi connectivity index (χ4v) is 16.1. The summed E-state index contributed by atoms with van der Waals surface area (Å²) in [5, 5.41) is 23.8. The number of rotatable bonds is 9. The summed E-state index contributed by atoms with van der Waals surface area (Å²) < 4.78 is 32.2. The van der Waals surface area contributed by atoms with E-state index in [0.717, 1.165) is 45.8 Å². The third kappa shape index (κ3) is 5.26. The van der Waals surface area contributed by atoms with Crippen LogP contribution in [-0.2, 0) is 23.7 Å². The number of aliphatic hydroxyl groups excluding tert-OH is 1. The molecule has 0 aromatic carbocycles. The van der Waals surface area contributed by atoms with Gasteiger partial charge in [0.2, 0.25) is 0 Å². The fraction of sp³-hybridized carbons (Fsp3) is 1.00. The first-order valence-corrected chi connectivity index (χ1v) is 22.4. The summed E-state index contributed by atoms with van der Waals surface area (Å²) >= 11 is 0. The van der Waals surface area contributed by atoms with Gasteiger partial charge in [0.25, 0.3) is 0 Å². The Morgan fingerprint density at radius 3 is 2.30 bits per heavy atom. The molecule has 5 aliphatic carbocycles. The van der Waals surface area contributed by atoms with Crippen LogP contribution < -0.4 is 0 Å². The molecule has 0 aromatic rings. The van der Waals surface area contributed by atoms with E-state index in [2.05, 4.69) is 58.3 Å². The standard InChI is InChI=1S/C45H76N2O7/c1-11-51-38(41(7,8)49)30-20-27(2)35-36(53-30)37(48)43(10)32-13-12-31-39(3,4)33(14-15-44(31)26-45(32,44)17-16-42(35,43)9)54-34-23-47(18-19-52-34)40(5,6)28-21-46(22-28)29-24-50-25-29/h27-38,48-49H,11-26H2,1-10H3/t27-,30-,31+,32+,33+,34+,35+,36+,37+,38+,42-,43-,44-,45+/m1/s1. The first-order chi connectivity index (χ1) is 25.3. The molecule has 0 aromatic heterocycles. The Labute approximate surface area is 326 Å². The number of aliphatic hydroxyl groups is 2. The molecule has 0 bridgehead atoms. The predicted octanol–water partition coefficient (Wildman–Crippen LogP) is 6.13. The molecule has 4 saturated heterocycles. The molecule has 5 saturated carbocycles. The van der Waals surface area contributed by atoms with E-state index in [0.29, 0.717) is 53.1 Å². The summed E-state index contributed by atoms with van der Waals surface area (Å²) in [5.41, 5.74) is -0.381. The number of hydrogen-bond acceptors (Lipinski definition) is 9. The Hall–Kier alpha value is -0.360. The van der Waals surface area contributed by atoms with Crippen molar-refractivity contribution in [1.29, 1.82) is 0 Å². The van der Waals surface area contributed by atoms with Gasteiger partial charge in [-0.2, -0.15) is 0 Å². The van der Waals surface area contributed by atoms with Gasteiger partial charge in [-0.05, 0) is 131 Å². The van der Waals surface area contributed by atoms with Gasteiger partial charge in [0.1, 0.15) is 6.10 Å². The SMILES string of the molecule is CCO[C@@H]([C@H]1C[C@@H](C)[C@H]2[C@H](O1)[C@H](O)[C@@]1(C)[C@@H]3CC[C@H]4C(C)(C)[C@@H](O[C@H]5CN(C(C)(C)C6CN(C7COC7)C6)CCO5)CC[C@@]45C[C@@]35CC[C@]21C)C(C)(C)O. The second-order valence-electron chi connectivity index (χ2n) is 22.5. The lowest BCUT2D eigenvalue weighted by Gasteiger charge is -2.64. The van der Waals surface area contributed by atoms with E-state index < -0.39 is 17.8 Å². The third-order valence-corrected chi connectivity index (χ3v) is 19.4. The van der Waals surface area contributed by atoms with E-state index in [1.54, 1.807) is 0 Å². The summed E-state index contributed by atoms with van der Waals surface area (Å²) in [4.78, 5) is 5.27. The van der Waals surface area contributed by atoms with Gasteiger partial charge >= 0.3 is 0 Å². The number of fused-ring (bicyclic) bond motifs is 4. The molecular formula is C45H76N2O7. The summed E-state index contributed by atoms with van der Waals surface area (Å²) in [6, 6.07) is 0.633. The highest BCUT2D eigenvalue weighted by molar-refractivity contribution is 5.33. The first kappa shape index (κ1) is 39.1. The molecule has 9 heteroatoms. The number of nitrogens with zero attached hydrogens (tertiary/aromatic N) is 2. The van der Waals surface area contributed by atoms with E-state index >= 15 is 0 Å². The van der Waals surface area contributed by atoms with Gasteiger partial charge in [-0.15, -0.1) is 0 Å². The first-order valence-electron chi connectivity index (χ1n) is 22.4. The second kappa shape index (κ2) is 12.8. The molecule has 9 aliphatic rings. The van der Waals surface area contributed by atoms with Gasteiger partial charge in [0, 0.05) is 43.1 Å². The molecule has 4 heterocycles. The van der Waals surface area contributed by atoms with E-state index in [9.17, 15) is 10.2 Å². The van der Waals surface area contributed by atoms with Crippen LogP contribution in [0, 0.1) is 56.7 Å². The topological polar surface area (TPSA) is 93.1 Å². The summed E-state index contributed by atoms with van der Waals surface area (Å²) in [6.07, 6.45) is 8.00. The van der Waals surface area contributed by atoms with E-state index in [-0.39, 0.29) is 46.4 Å². The van der Waals surface area contributed by atoms with Gasteiger partial charge in [0.15, 0.2) is 6.29 Å². The fourth-order valence-electron chi connectivity index (χ4n) is 16.1. The highest BCUT2D eigenvalue weighted by atomic mass is 16.7. The minimum Gasteiger partial charge on any atom is -0.390 e. The van der Waals surface area contributed by atoms with Gasteiger partial charge in [-0.1, -0.05) is 34.6 Å². The van der Waals surface area contributed by atoms with Crippen LogP contribution in [0.2, 0.25) is 0 Å². The van der Waals surface area contributed by atoms with Crippen LogP contribution in [0.4, 0.5) is 0 Å². The van der Waals surface area contributed by atoms with Crippen LogP contribution in [0.25, 0.3) is 0 Å². The highest BCUT2D eigenvalue weighted by Gasteiger charge is 2.84. The maximum atomic E-state index is 12.7. The van der Waals surface area contributed by atoms with Crippen molar-refractivity contribution in [1.82, 2.24) is 9.80 Å². The Morgan fingerprint density at radius 1 is 0.926 bits per heavy atom. The van der Waals surface area contributed by atoms with Crippen molar-refractivity contribution in [2.75, 3.05) is 52.6 Å². The Kier molecular flexibility index (Phi) is 9.29. The third-order valence-electron chi connectivity index (χ3n) is 19.4. The Bertz CT molecular complexity index is 1420. The minimum absolute atomic E-state index is 0.0149. The van der Waals surface area contributed by atoms with Crippen LogP contribution in [0.1, 0.15) is 121 Å². The van der Waals surface area contributed by atoms with Crippen LogP contribution in [0.15, 0.2) is 0 Å². The van der Waals surface area contributed by atoms with Gasteiger partial charge in [0.05, 0.1) is 62.4 Å². The monoisotopic (exact) mass is 757 g/mol. The number of hydrogen-bond donors (Lipinski definition) is 2. The molecule has 308 valence electrons. The predicted molar refractivity (Wildman–Crippen MR) is 208 cm³/mol.